The molecule has 3 amide bonds. The topological polar surface area (TPSA) is 169 Å². The molecule has 0 radical (unpaired) electrons. The summed E-state index contributed by atoms with van der Waals surface area (Å²) in [4.78, 5) is 56.4. The molecule has 2 atom stereocenters. The van der Waals surface area contributed by atoms with Crippen molar-refractivity contribution in [3.8, 4) is 21.9 Å². The Morgan fingerprint density at radius 3 is 2.60 bits per heavy atom. The van der Waals surface area contributed by atoms with Crippen LogP contribution in [0.3, 0.4) is 0 Å². The lowest BCUT2D eigenvalue weighted by Crippen LogP contribution is -2.61. The van der Waals surface area contributed by atoms with Crippen molar-refractivity contribution in [2.75, 3.05) is 56.9 Å². The molecule has 2 fully saturated rings. The zero-order valence-corrected chi connectivity index (χ0v) is 36.8. The molecule has 1 saturated heterocycles. The van der Waals surface area contributed by atoms with E-state index >= 15 is 0 Å². The van der Waals surface area contributed by atoms with Crippen LogP contribution in [-0.4, -0.2) is 106 Å². The average molecular weight is 884 g/mol. The fourth-order valence-corrected chi connectivity index (χ4v) is 8.86. The number of anilines is 3. The lowest BCUT2D eigenvalue weighted by Gasteiger charge is -2.37. The summed E-state index contributed by atoms with van der Waals surface area (Å²) in [7, 11) is 3.28. The number of nitrogens with zero attached hydrogens (tertiary/aromatic N) is 4. The van der Waals surface area contributed by atoms with E-state index in [0.29, 0.717) is 91.9 Å². The average Bonchev–Trinajstić information content (AvgIpc) is 3.58. The molecular formula is C42H52ClFN8O6S2. The van der Waals surface area contributed by atoms with Crippen molar-refractivity contribution >= 4 is 69.9 Å². The van der Waals surface area contributed by atoms with Crippen molar-refractivity contribution in [1.29, 1.82) is 0 Å². The highest BCUT2D eigenvalue weighted by Gasteiger charge is 2.53. The summed E-state index contributed by atoms with van der Waals surface area (Å²) in [5, 5.41) is 12.2. The standard InChI is InChI=1S/C42H52ClFN8O6S2/c1-26-34(59-25-48-26)28-11-9-27(10-12-28)23-46-37(53)32-8-6-17-52(32)38(54)35(50-39(55)42(44)15-16-42)41(2,3)60-21-7-18-57-19-20-58-29-13-14-31(33(22-29)56-5)49-40-47-24-30(43)36(45-4)51-40/h9-14,22,24-25,32,35H,6-8,15-21,23H2,1-5H3,(H,46,53)(H,50,55)(H2,45,47,49,51). The van der Waals surface area contributed by atoms with E-state index in [-0.39, 0.29) is 24.7 Å². The van der Waals surface area contributed by atoms with Crippen LogP contribution in [-0.2, 0) is 25.7 Å². The van der Waals surface area contributed by atoms with Gasteiger partial charge in [0.2, 0.25) is 17.8 Å². The van der Waals surface area contributed by atoms with Crippen LogP contribution >= 0.6 is 34.7 Å². The molecule has 1 aliphatic carbocycles. The Morgan fingerprint density at radius 1 is 1.12 bits per heavy atom. The van der Waals surface area contributed by atoms with Gasteiger partial charge in [0.05, 0.1) is 41.7 Å². The Balaban J connectivity index is 0.965. The van der Waals surface area contributed by atoms with Crippen molar-refractivity contribution in [3.05, 3.63) is 70.5 Å². The van der Waals surface area contributed by atoms with Gasteiger partial charge in [-0.15, -0.1) is 11.3 Å². The maximum Gasteiger partial charge on any atom is 0.258 e. The van der Waals surface area contributed by atoms with Crippen molar-refractivity contribution in [3.63, 3.8) is 0 Å². The van der Waals surface area contributed by atoms with Crippen molar-refractivity contribution in [2.24, 2.45) is 0 Å². The predicted octanol–water partition coefficient (Wildman–Crippen LogP) is 6.95. The second-order valence-corrected chi connectivity index (χ2v) is 18.1. The van der Waals surface area contributed by atoms with E-state index in [9.17, 15) is 18.8 Å². The number of ether oxygens (including phenoxy) is 3. The Kier molecular flexibility index (Phi) is 15.1. The molecule has 14 nitrogen and oxygen atoms in total. The zero-order valence-electron chi connectivity index (χ0n) is 34.4. The smallest absolute Gasteiger partial charge is 0.258 e. The van der Waals surface area contributed by atoms with E-state index in [2.05, 4.69) is 36.2 Å². The van der Waals surface area contributed by atoms with Crippen LogP contribution < -0.4 is 30.7 Å². The van der Waals surface area contributed by atoms with Gasteiger partial charge >= 0.3 is 0 Å². The molecule has 2 aromatic heterocycles. The number of benzene rings is 2. The minimum absolute atomic E-state index is 0.127. The number of rotatable bonds is 21. The monoisotopic (exact) mass is 882 g/mol. The number of carbonyl (C=O) groups excluding carboxylic acids is 3. The van der Waals surface area contributed by atoms with Crippen molar-refractivity contribution in [1.82, 2.24) is 30.5 Å². The van der Waals surface area contributed by atoms with Crippen LogP contribution in [0, 0.1) is 6.92 Å². The maximum atomic E-state index is 15.0. The van der Waals surface area contributed by atoms with Gasteiger partial charge < -0.3 is 40.4 Å². The minimum atomic E-state index is -1.96. The molecule has 2 aromatic carbocycles. The number of thioether (sulfide) groups is 1. The highest BCUT2D eigenvalue weighted by Crippen LogP contribution is 2.41. The number of thiazole rings is 1. The number of carbonyl (C=O) groups is 3. The number of likely N-dealkylation sites (tertiary alicyclic amines) is 1. The molecular weight excluding hydrogens is 831 g/mol. The van der Waals surface area contributed by atoms with Crippen LogP contribution in [0.4, 0.5) is 21.8 Å². The van der Waals surface area contributed by atoms with Crippen LogP contribution in [0.15, 0.2) is 54.2 Å². The summed E-state index contributed by atoms with van der Waals surface area (Å²) < 4.78 is 31.4. The van der Waals surface area contributed by atoms with E-state index in [1.165, 1.54) is 18.0 Å². The quantitative estimate of drug-likeness (QED) is 0.0637. The molecule has 60 heavy (non-hydrogen) atoms. The van der Waals surface area contributed by atoms with E-state index in [4.69, 9.17) is 25.8 Å². The van der Waals surface area contributed by atoms with Gasteiger partial charge in [-0.05, 0) is 81.9 Å². The highest BCUT2D eigenvalue weighted by atomic mass is 35.5. The third-order valence-corrected chi connectivity index (χ3v) is 13.1. The Hall–Kier alpha value is -4.71. The molecule has 6 rings (SSSR count). The summed E-state index contributed by atoms with van der Waals surface area (Å²) in [6, 6.07) is 11.6. The number of aryl methyl sites for hydroxylation is 1. The molecule has 0 bridgehead atoms. The number of hydrogen-bond acceptors (Lipinski definition) is 13. The highest BCUT2D eigenvalue weighted by molar-refractivity contribution is 8.00. The van der Waals surface area contributed by atoms with Gasteiger partial charge in [0.25, 0.3) is 5.91 Å². The first-order valence-electron chi connectivity index (χ1n) is 19.9. The molecule has 4 N–H and O–H groups in total. The first kappa shape index (κ1) is 44.8. The number of nitrogens with one attached hydrogen (secondary N) is 4. The minimum Gasteiger partial charge on any atom is -0.494 e. The molecule has 3 heterocycles. The van der Waals surface area contributed by atoms with Gasteiger partial charge in [0, 0.05) is 37.6 Å². The summed E-state index contributed by atoms with van der Waals surface area (Å²) in [5.41, 5.74) is 3.47. The summed E-state index contributed by atoms with van der Waals surface area (Å²) in [6.07, 6.45) is 3.55. The molecule has 0 spiro atoms. The lowest BCUT2D eigenvalue weighted by molar-refractivity contribution is -0.143. The largest absolute Gasteiger partial charge is 0.494 e. The third-order valence-electron chi connectivity index (χ3n) is 10.4. The number of hydrogen-bond donors (Lipinski definition) is 4. The van der Waals surface area contributed by atoms with Crippen LogP contribution in [0.1, 0.15) is 57.2 Å². The van der Waals surface area contributed by atoms with Gasteiger partial charge in [0.1, 0.15) is 41.0 Å². The first-order chi connectivity index (χ1) is 28.8. The normalized spacial score (nSPS) is 16.2. The Morgan fingerprint density at radius 2 is 1.90 bits per heavy atom. The first-order valence-corrected chi connectivity index (χ1v) is 22.1. The lowest BCUT2D eigenvalue weighted by atomic mass is 10.00. The number of methoxy groups -OCH3 is 1. The molecule has 2 aliphatic rings. The van der Waals surface area contributed by atoms with Crippen molar-refractivity contribution < 1.29 is 33.0 Å². The fraction of sp³-hybridized carbons (Fsp3) is 0.476. The summed E-state index contributed by atoms with van der Waals surface area (Å²) in [6.45, 7) is 7.47. The molecule has 1 aliphatic heterocycles. The summed E-state index contributed by atoms with van der Waals surface area (Å²) in [5.74, 6) is 1.15. The SMILES string of the molecule is CNc1nc(Nc2ccc(OCCOCCCSC(C)(C)C(NC(=O)C3(F)CC3)C(=O)N3CCCC3C(=O)NCc3ccc(-c4scnc4C)cc3)cc2OC)ncc1Cl. The van der Waals surface area contributed by atoms with Crippen LogP contribution in [0.5, 0.6) is 11.5 Å². The number of halogens is 2. The molecule has 4 aromatic rings. The Bertz CT molecular complexity index is 2120. The Labute approximate surface area is 363 Å². The van der Waals surface area contributed by atoms with Gasteiger partial charge in [0.15, 0.2) is 5.67 Å². The van der Waals surface area contributed by atoms with Crippen LogP contribution in [0.25, 0.3) is 10.4 Å². The number of amides is 3. The van der Waals surface area contributed by atoms with E-state index < -0.39 is 28.4 Å². The maximum absolute atomic E-state index is 15.0. The molecule has 2 unspecified atom stereocenters. The zero-order chi connectivity index (χ0) is 42.9. The van der Waals surface area contributed by atoms with Crippen LogP contribution in [0.2, 0.25) is 5.02 Å². The van der Waals surface area contributed by atoms with E-state index in [1.807, 2.05) is 50.5 Å². The third kappa shape index (κ3) is 11.4. The number of alkyl halides is 1. The van der Waals surface area contributed by atoms with Gasteiger partial charge in [-0.2, -0.15) is 16.7 Å². The van der Waals surface area contributed by atoms with Gasteiger partial charge in [-0.1, -0.05) is 35.9 Å². The molecule has 18 heteroatoms. The van der Waals surface area contributed by atoms with E-state index in [0.717, 1.165) is 21.7 Å². The van der Waals surface area contributed by atoms with Crippen molar-refractivity contribution in [2.45, 2.75) is 81.9 Å². The summed E-state index contributed by atoms with van der Waals surface area (Å²) >= 11 is 9.17. The number of aromatic nitrogens is 3. The fourth-order valence-electron chi connectivity index (χ4n) is 6.75. The van der Waals surface area contributed by atoms with E-state index in [1.54, 1.807) is 48.6 Å². The molecule has 1 saturated carbocycles. The predicted molar refractivity (Wildman–Crippen MR) is 234 cm³/mol. The van der Waals surface area contributed by atoms with Gasteiger partial charge in [-0.25, -0.2) is 14.4 Å². The van der Waals surface area contributed by atoms with Gasteiger partial charge in [-0.3, -0.25) is 14.4 Å². The molecule has 322 valence electrons. The second kappa shape index (κ2) is 20.2. The second-order valence-electron chi connectivity index (χ2n) is 15.1.